The van der Waals surface area contributed by atoms with E-state index in [4.69, 9.17) is 14.2 Å². The van der Waals surface area contributed by atoms with Crippen molar-refractivity contribution >= 4 is 17.9 Å². The first-order valence-electron chi connectivity index (χ1n) is 31.2. The van der Waals surface area contributed by atoms with Gasteiger partial charge in [0.25, 0.3) is 0 Å². The Morgan fingerprint density at radius 1 is 0.284 bits per heavy atom. The molecule has 424 valence electrons. The van der Waals surface area contributed by atoms with Crippen LogP contribution in [0.5, 0.6) is 0 Å². The van der Waals surface area contributed by atoms with Gasteiger partial charge in [0.15, 0.2) is 6.10 Å². The van der Waals surface area contributed by atoms with E-state index in [2.05, 4.69) is 118 Å². The molecule has 0 aromatic heterocycles. The standard InChI is InChI=1S/C68H116O6/c1-4-7-10-13-16-19-22-24-26-28-30-31-32-33-34-35-36-37-39-40-42-44-46-49-52-55-58-61-67(70)73-64-65(63-72-66(69)60-57-54-51-48-21-18-15-12-9-6-3)74-68(71)62-59-56-53-50-47-45-43-41-38-29-27-25-23-20-17-14-11-8-5-2/h7,10,16-17,19-20,24-27,30-31,33-34,36-37,65H,4-6,8-9,11-15,18,21-23,28-29,32,35,38-64H2,1-3H3/b10-7-,19-16-,20-17-,26-24-,27-25-,31-30-,34-33-,37-36-. The largest absolute Gasteiger partial charge is 0.462 e. The quantitative estimate of drug-likeness (QED) is 0.0261. The van der Waals surface area contributed by atoms with E-state index in [-0.39, 0.29) is 31.1 Å². The van der Waals surface area contributed by atoms with Crippen molar-refractivity contribution in [2.45, 2.75) is 303 Å². The Morgan fingerprint density at radius 3 is 0.851 bits per heavy atom. The molecule has 6 nitrogen and oxygen atoms in total. The Kier molecular flexibility index (Phi) is 58.8. The van der Waals surface area contributed by atoms with Gasteiger partial charge in [-0.25, -0.2) is 0 Å². The Balaban J connectivity index is 4.28. The minimum absolute atomic E-state index is 0.0795. The molecule has 0 N–H and O–H groups in total. The zero-order valence-corrected chi connectivity index (χ0v) is 48.6. The maximum Gasteiger partial charge on any atom is 0.306 e. The molecule has 0 fully saturated rings. The minimum atomic E-state index is -0.782. The van der Waals surface area contributed by atoms with Crippen molar-refractivity contribution in [3.63, 3.8) is 0 Å². The van der Waals surface area contributed by atoms with Gasteiger partial charge in [-0.2, -0.15) is 0 Å². The lowest BCUT2D eigenvalue weighted by Crippen LogP contribution is -2.30. The van der Waals surface area contributed by atoms with E-state index < -0.39 is 6.10 Å². The van der Waals surface area contributed by atoms with Crippen LogP contribution in [0.25, 0.3) is 0 Å². The molecule has 0 spiro atoms. The molecule has 0 aliphatic carbocycles. The third-order valence-electron chi connectivity index (χ3n) is 13.3. The van der Waals surface area contributed by atoms with Crippen molar-refractivity contribution in [2.24, 2.45) is 0 Å². The van der Waals surface area contributed by atoms with E-state index in [1.165, 1.54) is 148 Å². The first-order valence-corrected chi connectivity index (χ1v) is 31.2. The van der Waals surface area contributed by atoms with E-state index in [1.807, 2.05) is 0 Å². The molecule has 0 radical (unpaired) electrons. The van der Waals surface area contributed by atoms with Crippen molar-refractivity contribution in [1.82, 2.24) is 0 Å². The highest BCUT2D eigenvalue weighted by molar-refractivity contribution is 5.71. The van der Waals surface area contributed by atoms with Crippen LogP contribution in [0.1, 0.15) is 297 Å². The summed E-state index contributed by atoms with van der Waals surface area (Å²) in [5.41, 5.74) is 0. The fraction of sp³-hybridized carbons (Fsp3) is 0.721. The highest BCUT2D eigenvalue weighted by Crippen LogP contribution is 2.16. The number of allylic oxidation sites excluding steroid dienone is 16. The predicted octanol–water partition coefficient (Wildman–Crippen LogP) is 21.3. The van der Waals surface area contributed by atoms with Gasteiger partial charge in [0, 0.05) is 19.3 Å². The number of hydrogen-bond donors (Lipinski definition) is 0. The van der Waals surface area contributed by atoms with Gasteiger partial charge in [-0.3, -0.25) is 14.4 Å². The molecule has 0 amide bonds. The third kappa shape index (κ3) is 59.2. The fourth-order valence-corrected chi connectivity index (χ4v) is 8.65. The topological polar surface area (TPSA) is 78.9 Å². The molecule has 0 aliphatic heterocycles. The van der Waals surface area contributed by atoms with E-state index >= 15 is 0 Å². The molecule has 0 rings (SSSR count). The Hall–Kier alpha value is -3.67. The summed E-state index contributed by atoms with van der Waals surface area (Å²) in [5, 5.41) is 0. The minimum Gasteiger partial charge on any atom is -0.462 e. The van der Waals surface area contributed by atoms with Crippen molar-refractivity contribution in [1.29, 1.82) is 0 Å². The summed E-state index contributed by atoms with van der Waals surface area (Å²) in [4.78, 5) is 38.2. The molecule has 0 bridgehead atoms. The molecule has 0 saturated heterocycles. The number of hydrogen-bond acceptors (Lipinski definition) is 6. The monoisotopic (exact) mass is 1030 g/mol. The molecule has 1 unspecified atom stereocenters. The van der Waals surface area contributed by atoms with Crippen LogP contribution in [-0.4, -0.2) is 37.2 Å². The summed E-state index contributed by atoms with van der Waals surface area (Å²) >= 11 is 0. The number of ether oxygens (including phenoxy) is 3. The van der Waals surface area contributed by atoms with Crippen molar-refractivity contribution < 1.29 is 28.6 Å². The van der Waals surface area contributed by atoms with Gasteiger partial charge < -0.3 is 14.2 Å². The molecule has 0 aliphatic rings. The lowest BCUT2D eigenvalue weighted by molar-refractivity contribution is -0.167. The van der Waals surface area contributed by atoms with Crippen LogP contribution >= 0.6 is 0 Å². The molecular formula is C68H116O6. The second-order valence-corrected chi connectivity index (χ2v) is 20.6. The van der Waals surface area contributed by atoms with Gasteiger partial charge in [0.1, 0.15) is 13.2 Å². The molecule has 0 heterocycles. The SMILES string of the molecule is CC/C=C\C/C=C\C/C=C\C/C=C\C/C=C\C/C=C\CCCCCCCCCCC(=O)OCC(COC(=O)CCCCCCCCCCCC)OC(=O)CCCCCCCCCCC/C=C\C/C=C\CCCCC. The zero-order chi connectivity index (χ0) is 53.6. The highest BCUT2D eigenvalue weighted by atomic mass is 16.6. The number of carbonyl (C=O) groups is 3. The molecule has 6 heteroatoms. The van der Waals surface area contributed by atoms with Gasteiger partial charge in [-0.15, -0.1) is 0 Å². The molecule has 0 aromatic rings. The summed E-state index contributed by atoms with van der Waals surface area (Å²) in [5.74, 6) is -0.886. The van der Waals surface area contributed by atoms with Crippen LogP contribution in [0, 0.1) is 0 Å². The summed E-state index contributed by atoms with van der Waals surface area (Å²) < 4.78 is 16.9. The maximum atomic E-state index is 12.9. The van der Waals surface area contributed by atoms with Crippen LogP contribution in [0.15, 0.2) is 97.2 Å². The average Bonchev–Trinajstić information content (AvgIpc) is 3.40. The van der Waals surface area contributed by atoms with Crippen molar-refractivity contribution in [2.75, 3.05) is 13.2 Å². The second-order valence-electron chi connectivity index (χ2n) is 20.6. The predicted molar refractivity (Wildman–Crippen MR) is 320 cm³/mol. The Morgan fingerprint density at radius 2 is 0.527 bits per heavy atom. The van der Waals surface area contributed by atoms with Crippen LogP contribution in [0.3, 0.4) is 0 Å². The molecule has 0 aromatic carbocycles. The lowest BCUT2D eigenvalue weighted by Gasteiger charge is -2.18. The summed E-state index contributed by atoms with van der Waals surface area (Å²) in [7, 11) is 0. The Bertz CT molecular complexity index is 1460. The third-order valence-corrected chi connectivity index (χ3v) is 13.3. The molecule has 74 heavy (non-hydrogen) atoms. The summed E-state index contributed by atoms with van der Waals surface area (Å²) in [6.45, 7) is 6.50. The van der Waals surface area contributed by atoms with Gasteiger partial charge in [-0.1, -0.05) is 272 Å². The molecular weight excluding hydrogens is 913 g/mol. The van der Waals surface area contributed by atoms with E-state index in [0.29, 0.717) is 19.3 Å². The number of unbranched alkanes of at least 4 members (excludes halogenated alkanes) is 29. The van der Waals surface area contributed by atoms with E-state index in [0.717, 1.165) is 109 Å². The molecule has 1 atom stereocenters. The first-order chi connectivity index (χ1) is 36.5. The zero-order valence-electron chi connectivity index (χ0n) is 48.6. The van der Waals surface area contributed by atoms with Gasteiger partial charge in [0.2, 0.25) is 0 Å². The summed E-state index contributed by atoms with van der Waals surface area (Å²) in [6.07, 6.45) is 82.6. The smallest absolute Gasteiger partial charge is 0.306 e. The molecule has 0 saturated carbocycles. The fourth-order valence-electron chi connectivity index (χ4n) is 8.65. The van der Waals surface area contributed by atoms with E-state index in [1.54, 1.807) is 0 Å². The van der Waals surface area contributed by atoms with E-state index in [9.17, 15) is 14.4 Å². The average molecular weight is 1030 g/mol. The van der Waals surface area contributed by atoms with Crippen LogP contribution in [0.4, 0.5) is 0 Å². The van der Waals surface area contributed by atoms with Crippen LogP contribution in [-0.2, 0) is 28.6 Å². The number of carbonyl (C=O) groups excluding carboxylic acids is 3. The Labute approximate surface area is 457 Å². The second kappa shape index (κ2) is 61.9. The summed E-state index contributed by atoms with van der Waals surface area (Å²) in [6, 6.07) is 0. The normalized spacial score (nSPS) is 12.7. The number of esters is 3. The van der Waals surface area contributed by atoms with Crippen molar-refractivity contribution in [3.05, 3.63) is 97.2 Å². The maximum absolute atomic E-state index is 12.9. The highest BCUT2D eigenvalue weighted by Gasteiger charge is 2.19. The van der Waals surface area contributed by atoms with Crippen LogP contribution in [0.2, 0.25) is 0 Å². The van der Waals surface area contributed by atoms with Crippen LogP contribution < -0.4 is 0 Å². The number of rotatable bonds is 56. The first kappa shape index (κ1) is 70.3. The van der Waals surface area contributed by atoms with Gasteiger partial charge in [-0.05, 0) is 103 Å². The van der Waals surface area contributed by atoms with Gasteiger partial charge >= 0.3 is 17.9 Å². The lowest BCUT2D eigenvalue weighted by atomic mass is 10.1. The van der Waals surface area contributed by atoms with Crippen molar-refractivity contribution in [3.8, 4) is 0 Å². The van der Waals surface area contributed by atoms with Gasteiger partial charge in [0.05, 0.1) is 0 Å².